The van der Waals surface area contributed by atoms with Crippen molar-refractivity contribution in [2.75, 3.05) is 0 Å². The van der Waals surface area contributed by atoms with Gasteiger partial charge in [-0.1, -0.05) is 72.8 Å². The molecule has 0 aliphatic rings. The summed E-state index contributed by atoms with van der Waals surface area (Å²) >= 11 is 0. The van der Waals surface area contributed by atoms with E-state index in [0.717, 1.165) is 54.6 Å². The number of rotatable bonds is 0. The van der Waals surface area contributed by atoms with Crippen LogP contribution < -0.4 is 0 Å². The van der Waals surface area contributed by atoms with E-state index in [0.29, 0.717) is 0 Å². The van der Waals surface area contributed by atoms with Gasteiger partial charge in [0.15, 0.2) is 0 Å². The zero-order valence-corrected chi connectivity index (χ0v) is 21.1. The molecule has 4 heteroatoms. The van der Waals surface area contributed by atoms with Crippen LogP contribution in [0.3, 0.4) is 0 Å². The molecule has 184 valence electrons. The molecule has 0 aliphatic carbocycles. The number of nitrogens with zero attached hydrogens (tertiary/aromatic N) is 2. The lowest BCUT2D eigenvalue weighted by molar-refractivity contribution is 0.672. The van der Waals surface area contributed by atoms with Crippen molar-refractivity contribution in [1.82, 2.24) is 8.80 Å². The molecule has 0 saturated carbocycles. The van der Waals surface area contributed by atoms with Gasteiger partial charge >= 0.3 is 0 Å². The van der Waals surface area contributed by atoms with Crippen LogP contribution in [0.2, 0.25) is 0 Å². The van der Waals surface area contributed by atoms with E-state index in [1.54, 1.807) is 0 Å². The lowest BCUT2D eigenvalue weighted by atomic mass is 10.1. The smallest absolute Gasteiger partial charge is 0.145 e. The Morgan fingerprint density at radius 1 is 0.375 bits per heavy atom. The molecule has 0 atom stereocenters. The summed E-state index contributed by atoms with van der Waals surface area (Å²) < 4.78 is 18.1. The third kappa shape index (κ3) is 2.02. The quantitative estimate of drug-likeness (QED) is 0.190. The van der Waals surface area contributed by atoms with Crippen molar-refractivity contribution in [3.8, 4) is 0 Å². The molecule has 0 saturated heterocycles. The van der Waals surface area contributed by atoms with Gasteiger partial charge in [0.05, 0.1) is 43.9 Å². The summed E-state index contributed by atoms with van der Waals surface area (Å²) in [6.07, 6.45) is 0. The Bertz CT molecular complexity index is 2670. The maximum atomic E-state index is 6.62. The first-order chi connectivity index (χ1) is 19.9. The molecule has 5 aromatic heterocycles. The van der Waals surface area contributed by atoms with Crippen LogP contribution >= 0.6 is 0 Å². The average Bonchev–Trinajstić information content (AvgIpc) is 3.74. The molecule has 11 aromatic rings. The third-order valence-electron chi connectivity index (χ3n) is 9.00. The maximum Gasteiger partial charge on any atom is 0.145 e. The fraction of sp³-hybridized carbons (Fsp3) is 0. The fourth-order valence-corrected chi connectivity index (χ4v) is 7.46. The molecule has 0 aliphatic heterocycles. The Hall–Kier alpha value is -5.48. The summed E-state index contributed by atoms with van der Waals surface area (Å²) in [5, 5.41) is 9.27. The minimum atomic E-state index is 0.913. The van der Waals surface area contributed by atoms with E-state index >= 15 is 0 Å². The first-order valence-electron chi connectivity index (χ1n) is 13.6. The Kier molecular flexibility index (Phi) is 3.12. The molecule has 6 aromatic carbocycles. The van der Waals surface area contributed by atoms with Crippen molar-refractivity contribution in [3.05, 3.63) is 109 Å². The summed E-state index contributed by atoms with van der Waals surface area (Å²) in [5.74, 6) is 0. The number of para-hydroxylation sites is 4. The molecule has 0 bridgehead atoms. The van der Waals surface area contributed by atoms with Gasteiger partial charge in [-0.25, -0.2) is 0 Å². The lowest BCUT2D eigenvalue weighted by Gasteiger charge is -2.12. The Morgan fingerprint density at radius 3 is 1.25 bits per heavy atom. The Labute approximate surface area is 225 Å². The summed E-state index contributed by atoms with van der Waals surface area (Å²) in [5.41, 5.74) is 10.8. The number of hydrogen-bond donors (Lipinski definition) is 0. The predicted molar refractivity (Wildman–Crippen MR) is 164 cm³/mol. The van der Waals surface area contributed by atoms with Gasteiger partial charge in [0.25, 0.3) is 0 Å². The highest BCUT2D eigenvalue weighted by atomic mass is 16.3. The van der Waals surface area contributed by atoms with Crippen LogP contribution in [-0.4, -0.2) is 8.80 Å². The second-order valence-electron chi connectivity index (χ2n) is 10.9. The van der Waals surface area contributed by atoms with E-state index in [-0.39, 0.29) is 0 Å². The average molecular weight is 511 g/mol. The Morgan fingerprint density at radius 2 is 0.775 bits per heavy atom. The lowest BCUT2D eigenvalue weighted by Crippen LogP contribution is -1.97. The number of aromatic nitrogens is 2. The molecule has 5 heterocycles. The van der Waals surface area contributed by atoms with Crippen molar-refractivity contribution in [1.29, 1.82) is 0 Å². The van der Waals surface area contributed by atoms with E-state index in [1.165, 1.54) is 43.9 Å². The van der Waals surface area contributed by atoms with Crippen LogP contribution in [0.15, 0.2) is 118 Å². The zero-order chi connectivity index (χ0) is 25.7. The molecule has 0 N–H and O–H groups in total. The molecule has 0 radical (unpaired) electrons. The van der Waals surface area contributed by atoms with Crippen molar-refractivity contribution >= 4 is 98.5 Å². The predicted octanol–water partition coefficient (Wildman–Crippen LogP) is 10.0. The van der Waals surface area contributed by atoms with Crippen LogP contribution in [0, 0.1) is 0 Å². The van der Waals surface area contributed by atoms with Gasteiger partial charge in [0.2, 0.25) is 0 Å². The number of fused-ring (bicyclic) bond motifs is 16. The number of hydrogen-bond acceptors (Lipinski definition) is 2. The van der Waals surface area contributed by atoms with E-state index in [4.69, 9.17) is 8.83 Å². The largest absolute Gasteiger partial charge is 0.455 e. The van der Waals surface area contributed by atoms with E-state index in [2.05, 4.69) is 106 Å². The Balaban J connectivity index is 1.58. The third-order valence-corrected chi connectivity index (χ3v) is 9.00. The molecule has 0 spiro atoms. The van der Waals surface area contributed by atoms with Crippen LogP contribution in [0.5, 0.6) is 0 Å². The normalized spacial score (nSPS) is 13.0. The summed E-state index contributed by atoms with van der Waals surface area (Å²) in [4.78, 5) is 0. The second kappa shape index (κ2) is 6.38. The van der Waals surface area contributed by atoms with Crippen molar-refractivity contribution in [2.45, 2.75) is 0 Å². The van der Waals surface area contributed by atoms with Crippen LogP contribution in [0.1, 0.15) is 0 Å². The fourth-order valence-electron chi connectivity index (χ4n) is 7.46. The molecule has 4 nitrogen and oxygen atoms in total. The minimum Gasteiger partial charge on any atom is -0.455 e. The molecule has 0 unspecified atom stereocenters. The van der Waals surface area contributed by atoms with E-state index in [9.17, 15) is 0 Å². The van der Waals surface area contributed by atoms with Gasteiger partial charge in [-0.15, -0.1) is 0 Å². The molecule has 11 rings (SSSR count). The first-order valence-corrected chi connectivity index (χ1v) is 13.6. The van der Waals surface area contributed by atoms with E-state index in [1.807, 2.05) is 12.1 Å². The molecular formula is C36H18N2O2. The van der Waals surface area contributed by atoms with Gasteiger partial charge < -0.3 is 17.6 Å². The monoisotopic (exact) mass is 510 g/mol. The first kappa shape index (κ1) is 19.6. The SMILES string of the molecule is c1ccc2c(c1)oc1c2cc2c3c1c1ccccc1n3c1cc3c4ccccc4oc3c3c4ccccc4n2c31. The van der Waals surface area contributed by atoms with Crippen LogP contribution in [0.4, 0.5) is 0 Å². The molecule has 0 amide bonds. The second-order valence-corrected chi connectivity index (χ2v) is 10.9. The summed E-state index contributed by atoms with van der Waals surface area (Å²) in [7, 11) is 0. The molecule has 0 fully saturated rings. The van der Waals surface area contributed by atoms with Crippen molar-refractivity contribution in [2.24, 2.45) is 0 Å². The van der Waals surface area contributed by atoms with Gasteiger partial charge in [0.1, 0.15) is 22.3 Å². The number of furan rings is 2. The zero-order valence-electron chi connectivity index (χ0n) is 21.1. The van der Waals surface area contributed by atoms with Gasteiger partial charge in [-0.3, -0.25) is 0 Å². The highest BCUT2D eigenvalue weighted by Crippen LogP contribution is 2.48. The van der Waals surface area contributed by atoms with Crippen LogP contribution in [-0.2, 0) is 0 Å². The highest BCUT2D eigenvalue weighted by molar-refractivity contribution is 6.33. The maximum absolute atomic E-state index is 6.62. The molecular weight excluding hydrogens is 492 g/mol. The minimum absolute atomic E-state index is 0.913. The number of benzene rings is 6. The molecule has 40 heavy (non-hydrogen) atoms. The van der Waals surface area contributed by atoms with Gasteiger partial charge in [0, 0.05) is 32.3 Å². The van der Waals surface area contributed by atoms with Gasteiger partial charge in [-0.2, -0.15) is 0 Å². The van der Waals surface area contributed by atoms with Crippen molar-refractivity contribution in [3.63, 3.8) is 0 Å². The highest BCUT2D eigenvalue weighted by Gasteiger charge is 2.26. The topological polar surface area (TPSA) is 35.1 Å². The van der Waals surface area contributed by atoms with Crippen LogP contribution in [0.25, 0.3) is 98.5 Å². The van der Waals surface area contributed by atoms with Crippen molar-refractivity contribution < 1.29 is 8.83 Å². The standard InChI is InChI=1S/C36H18N2O2/c1-5-13-25-21(11-1)31-33-27(17-23-19-9-3-7-15-29(19)39-35(23)31)38-26-14-6-2-12-22(26)32-34(38)28(37(25)33)18-24-20-10-4-8-16-30(20)40-36(24)32/h1-18H. The summed E-state index contributed by atoms with van der Waals surface area (Å²) in [6.45, 7) is 0. The van der Waals surface area contributed by atoms with Gasteiger partial charge in [-0.05, 0) is 36.4 Å². The summed E-state index contributed by atoms with van der Waals surface area (Å²) in [6, 6.07) is 38.8. The van der Waals surface area contributed by atoms with E-state index < -0.39 is 0 Å².